The second-order valence-electron chi connectivity index (χ2n) is 6.39. The molecule has 1 aromatic rings. The molecule has 22 heavy (non-hydrogen) atoms. The van der Waals surface area contributed by atoms with Gasteiger partial charge in [0, 0.05) is 0 Å². The zero-order valence-corrected chi connectivity index (χ0v) is 13.8. The first-order valence-electron chi connectivity index (χ1n) is 7.41. The summed E-state index contributed by atoms with van der Waals surface area (Å²) in [7, 11) is 0. The molecule has 0 unspecified atom stereocenters. The van der Waals surface area contributed by atoms with Crippen molar-refractivity contribution < 1.29 is 19.4 Å². The van der Waals surface area contributed by atoms with Gasteiger partial charge < -0.3 is 15.2 Å². The van der Waals surface area contributed by atoms with E-state index in [1.54, 1.807) is 13.8 Å². The number of rotatable bonds is 7. The molecule has 0 saturated carbocycles. The summed E-state index contributed by atoms with van der Waals surface area (Å²) in [6.07, 6.45) is 0. The lowest BCUT2D eigenvalue weighted by Crippen LogP contribution is -2.46. The fourth-order valence-electron chi connectivity index (χ4n) is 1.80. The van der Waals surface area contributed by atoms with Crippen molar-refractivity contribution in [3.63, 3.8) is 0 Å². The van der Waals surface area contributed by atoms with Crippen molar-refractivity contribution >= 4 is 11.9 Å². The molecule has 0 heterocycles. The fraction of sp³-hybridized carbons (Fsp3) is 0.529. The molecule has 0 radical (unpaired) electrons. The highest BCUT2D eigenvalue weighted by atomic mass is 16.5. The van der Waals surface area contributed by atoms with Crippen LogP contribution in [-0.4, -0.2) is 29.6 Å². The zero-order valence-electron chi connectivity index (χ0n) is 13.8. The Morgan fingerprint density at radius 1 is 1.18 bits per heavy atom. The molecule has 122 valence electrons. The molecule has 0 spiro atoms. The SMILES string of the molecule is CC(C)COc1ccc(C(C)(C)C(=O)N[C@@H](C)C(=O)O)cc1. The molecule has 5 nitrogen and oxygen atoms in total. The lowest BCUT2D eigenvalue weighted by molar-refractivity contribution is -0.142. The van der Waals surface area contributed by atoms with Crippen molar-refractivity contribution in [2.24, 2.45) is 5.92 Å². The van der Waals surface area contributed by atoms with Crippen molar-refractivity contribution in [2.45, 2.75) is 46.1 Å². The van der Waals surface area contributed by atoms with E-state index in [0.29, 0.717) is 12.5 Å². The number of hydrogen-bond donors (Lipinski definition) is 2. The Balaban J connectivity index is 2.80. The maximum absolute atomic E-state index is 12.3. The van der Waals surface area contributed by atoms with Crippen LogP contribution in [-0.2, 0) is 15.0 Å². The minimum Gasteiger partial charge on any atom is -0.493 e. The fourth-order valence-corrected chi connectivity index (χ4v) is 1.80. The molecular weight excluding hydrogens is 282 g/mol. The number of carboxylic acids is 1. The molecule has 0 aliphatic carbocycles. The van der Waals surface area contributed by atoms with Crippen LogP contribution < -0.4 is 10.1 Å². The van der Waals surface area contributed by atoms with E-state index in [1.165, 1.54) is 6.92 Å². The quantitative estimate of drug-likeness (QED) is 0.812. The van der Waals surface area contributed by atoms with E-state index in [0.717, 1.165) is 11.3 Å². The van der Waals surface area contributed by atoms with Crippen LogP contribution in [0.2, 0.25) is 0 Å². The van der Waals surface area contributed by atoms with Gasteiger partial charge in [-0.2, -0.15) is 0 Å². The summed E-state index contributed by atoms with van der Waals surface area (Å²) in [5.74, 6) is -0.174. The molecule has 0 saturated heterocycles. The molecule has 0 fully saturated rings. The van der Waals surface area contributed by atoms with Crippen molar-refractivity contribution in [3.05, 3.63) is 29.8 Å². The standard InChI is InChI=1S/C17H25NO4/c1-11(2)10-22-14-8-6-13(7-9-14)17(4,5)16(21)18-12(3)15(19)20/h6-9,11-12H,10H2,1-5H3,(H,18,21)(H,19,20)/t12-/m0/s1. The summed E-state index contributed by atoms with van der Waals surface area (Å²) < 4.78 is 5.61. The molecule has 1 amide bonds. The molecule has 5 heteroatoms. The number of hydrogen-bond acceptors (Lipinski definition) is 3. The number of benzene rings is 1. The summed E-state index contributed by atoms with van der Waals surface area (Å²) >= 11 is 0. The Hall–Kier alpha value is -2.04. The van der Waals surface area contributed by atoms with E-state index in [1.807, 2.05) is 24.3 Å². The molecule has 1 atom stereocenters. The Morgan fingerprint density at radius 3 is 2.18 bits per heavy atom. The number of carbonyl (C=O) groups excluding carboxylic acids is 1. The summed E-state index contributed by atoms with van der Waals surface area (Å²) in [4.78, 5) is 23.1. The van der Waals surface area contributed by atoms with Gasteiger partial charge in [0.1, 0.15) is 11.8 Å². The molecule has 0 aliphatic heterocycles. The number of amides is 1. The normalized spacial score (nSPS) is 12.8. The summed E-state index contributed by atoms with van der Waals surface area (Å²) in [6, 6.07) is 6.41. The highest BCUT2D eigenvalue weighted by molar-refractivity contribution is 5.90. The van der Waals surface area contributed by atoms with Gasteiger partial charge in [0.25, 0.3) is 0 Å². The number of ether oxygens (including phenoxy) is 1. The highest BCUT2D eigenvalue weighted by Crippen LogP contribution is 2.26. The molecular formula is C17H25NO4. The van der Waals surface area contributed by atoms with Crippen molar-refractivity contribution in [1.82, 2.24) is 5.32 Å². The van der Waals surface area contributed by atoms with Gasteiger partial charge in [-0.1, -0.05) is 26.0 Å². The smallest absolute Gasteiger partial charge is 0.325 e. The van der Waals surface area contributed by atoms with Crippen molar-refractivity contribution in [2.75, 3.05) is 6.61 Å². The topological polar surface area (TPSA) is 75.6 Å². The third-order valence-corrected chi connectivity index (χ3v) is 3.45. The van der Waals surface area contributed by atoms with E-state index in [2.05, 4.69) is 19.2 Å². The lowest BCUT2D eigenvalue weighted by atomic mass is 9.83. The average Bonchev–Trinajstić information content (AvgIpc) is 2.45. The van der Waals surface area contributed by atoms with Crippen LogP contribution in [0.1, 0.15) is 40.2 Å². The van der Waals surface area contributed by atoms with Gasteiger partial charge in [-0.25, -0.2) is 0 Å². The number of carbonyl (C=O) groups is 2. The maximum atomic E-state index is 12.3. The van der Waals surface area contributed by atoms with Gasteiger partial charge in [-0.05, 0) is 44.4 Å². The Morgan fingerprint density at radius 2 is 1.73 bits per heavy atom. The van der Waals surface area contributed by atoms with Crippen molar-refractivity contribution in [1.29, 1.82) is 0 Å². The minimum atomic E-state index is -1.05. The Bertz CT molecular complexity index is 520. The largest absolute Gasteiger partial charge is 0.493 e. The van der Waals surface area contributed by atoms with E-state index < -0.39 is 17.4 Å². The maximum Gasteiger partial charge on any atom is 0.325 e. The number of carboxylic acid groups (broad SMARTS) is 1. The second kappa shape index (κ2) is 7.29. The van der Waals surface area contributed by atoms with E-state index in [9.17, 15) is 9.59 Å². The minimum absolute atomic E-state index is 0.321. The number of nitrogens with one attached hydrogen (secondary N) is 1. The van der Waals surface area contributed by atoms with Gasteiger partial charge in [-0.15, -0.1) is 0 Å². The van der Waals surface area contributed by atoms with Crippen LogP contribution in [0, 0.1) is 5.92 Å². The van der Waals surface area contributed by atoms with Gasteiger partial charge in [0.2, 0.25) is 5.91 Å². The first kappa shape index (κ1) is 18.0. The second-order valence-corrected chi connectivity index (χ2v) is 6.39. The molecule has 0 aliphatic rings. The molecule has 2 N–H and O–H groups in total. The summed E-state index contributed by atoms with van der Waals surface area (Å²) in [5, 5.41) is 11.4. The highest BCUT2D eigenvalue weighted by Gasteiger charge is 2.31. The first-order chi connectivity index (χ1) is 10.1. The van der Waals surface area contributed by atoms with Gasteiger partial charge >= 0.3 is 5.97 Å². The third kappa shape index (κ3) is 4.76. The van der Waals surface area contributed by atoms with Gasteiger partial charge in [0.15, 0.2) is 0 Å². The van der Waals surface area contributed by atoms with E-state index in [-0.39, 0.29) is 5.91 Å². The Kier molecular flexibility index (Phi) is 5.97. The van der Waals surface area contributed by atoms with E-state index >= 15 is 0 Å². The zero-order chi connectivity index (χ0) is 16.9. The molecule has 1 aromatic carbocycles. The summed E-state index contributed by atoms with van der Waals surface area (Å²) in [5.41, 5.74) is -0.0141. The average molecular weight is 307 g/mol. The monoisotopic (exact) mass is 307 g/mol. The van der Waals surface area contributed by atoms with Crippen LogP contribution in [0.3, 0.4) is 0 Å². The van der Waals surface area contributed by atoms with Crippen LogP contribution in [0.4, 0.5) is 0 Å². The number of aliphatic carboxylic acids is 1. The lowest BCUT2D eigenvalue weighted by Gasteiger charge is -2.25. The first-order valence-corrected chi connectivity index (χ1v) is 7.41. The van der Waals surface area contributed by atoms with Crippen LogP contribution >= 0.6 is 0 Å². The predicted octanol–water partition coefficient (Wildman–Crippen LogP) is 2.59. The van der Waals surface area contributed by atoms with Crippen molar-refractivity contribution in [3.8, 4) is 5.75 Å². The molecule has 0 bridgehead atoms. The van der Waals surface area contributed by atoms with E-state index in [4.69, 9.17) is 9.84 Å². The Labute approximate surface area is 131 Å². The molecule has 1 rings (SSSR count). The van der Waals surface area contributed by atoms with Crippen LogP contribution in [0.5, 0.6) is 5.75 Å². The predicted molar refractivity (Wildman–Crippen MR) is 85.0 cm³/mol. The molecule has 0 aromatic heterocycles. The third-order valence-electron chi connectivity index (χ3n) is 3.45. The summed E-state index contributed by atoms with van der Waals surface area (Å²) in [6.45, 7) is 9.76. The van der Waals surface area contributed by atoms with Gasteiger partial charge in [0.05, 0.1) is 12.0 Å². The van der Waals surface area contributed by atoms with Crippen LogP contribution in [0.15, 0.2) is 24.3 Å². The van der Waals surface area contributed by atoms with Crippen LogP contribution in [0.25, 0.3) is 0 Å². The van der Waals surface area contributed by atoms with Gasteiger partial charge in [-0.3, -0.25) is 9.59 Å².